The molecular formula is C23H24N2O2. The highest BCUT2D eigenvalue weighted by atomic mass is 16.5. The molecule has 3 aromatic rings. The maximum Gasteiger partial charge on any atom is 0.242 e. The number of rotatable bonds is 3. The van der Waals surface area contributed by atoms with Gasteiger partial charge in [-0.2, -0.15) is 0 Å². The van der Waals surface area contributed by atoms with Crippen LogP contribution in [0.5, 0.6) is 17.4 Å². The minimum Gasteiger partial charge on any atom is -0.482 e. The first-order valence-electron chi connectivity index (χ1n) is 9.15. The molecule has 0 fully saturated rings. The largest absolute Gasteiger partial charge is 0.482 e. The number of aromatic nitrogens is 1. The monoisotopic (exact) mass is 360 g/mol. The summed E-state index contributed by atoms with van der Waals surface area (Å²) < 4.78 is 12.6. The van der Waals surface area contributed by atoms with Gasteiger partial charge in [0.05, 0.1) is 5.69 Å². The molecule has 0 bridgehead atoms. The fourth-order valence-corrected chi connectivity index (χ4v) is 4.07. The van der Waals surface area contributed by atoms with E-state index in [0.717, 1.165) is 17.7 Å². The highest BCUT2D eigenvalue weighted by molar-refractivity contribution is 5.51. The van der Waals surface area contributed by atoms with Gasteiger partial charge in [-0.05, 0) is 42.2 Å². The van der Waals surface area contributed by atoms with Crippen LogP contribution in [0.4, 0.5) is 5.69 Å². The molecule has 27 heavy (non-hydrogen) atoms. The van der Waals surface area contributed by atoms with Crippen molar-refractivity contribution >= 4 is 5.69 Å². The van der Waals surface area contributed by atoms with E-state index in [1.165, 1.54) is 5.56 Å². The van der Waals surface area contributed by atoms with Crippen molar-refractivity contribution < 1.29 is 9.47 Å². The number of fused-ring (bicyclic) bond motifs is 1. The van der Waals surface area contributed by atoms with Crippen LogP contribution in [0.2, 0.25) is 0 Å². The Balaban J connectivity index is 1.77. The third-order valence-electron chi connectivity index (χ3n) is 5.19. The van der Waals surface area contributed by atoms with E-state index in [-0.39, 0.29) is 5.41 Å². The van der Waals surface area contributed by atoms with Crippen molar-refractivity contribution in [2.24, 2.45) is 0 Å². The maximum atomic E-state index is 6.52. The molecule has 2 N–H and O–H groups in total. The maximum absolute atomic E-state index is 6.52. The number of nitrogens with two attached hydrogens (primary N) is 1. The van der Waals surface area contributed by atoms with Gasteiger partial charge in [0.25, 0.3) is 0 Å². The Morgan fingerprint density at radius 3 is 2.41 bits per heavy atom. The molecule has 1 unspecified atom stereocenters. The number of hydrogen-bond acceptors (Lipinski definition) is 4. The average Bonchev–Trinajstić information content (AvgIpc) is 2.63. The van der Waals surface area contributed by atoms with Gasteiger partial charge in [0.1, 0.15) is 17.1 Å². The van der Waals surface area contributed by atoms with Gasteiger partial charge < -0.3 is 15.2 Å². The average molecular weight is 360 g/mol. The summed E-state index contributed by atoms with van der Waals surface area (Å²) in [6.07, 6.45) is 2.50. The van der Waals surface area contributed by atoms with Gasteiger partial charge in [-0.15, -0.1) is 0 Å². The van der Waals surface area contributed by atoms with Crippen molar-refractivity contribution in [3.05, 3.63) is 78.0 Å². The van der Waals surface area contributed by atoms with E-state index in [9.17, 15) is 0 Å². The zero-order chi connectivity index (χ0) is 19.1. The second-order valence-corrected chi connectivity index (χ2v) is 7.89. The Kier molecular flexibility index (Phi) is 4.06. The number of hydrogen-bond donors (Lipinski definition) is 1. The Hall–Kier alpha value is -3.01. The lowest BCUT2D eigenvalue weighted by Crippen LogP contribution is -2.41. The van der Waals surface area contributed by atoms with Crippen LogP contribution in [0.25, 0.3) is 0 Å². The van der Waals surface area contributed by atoms with E-state index in [1.54, 1.807) is 18.3 Å². The number of anilines is 1. The molecule has 1 aliphatic heterocycles. The summed E-state index contributed by atoms with van der Waals surface area (Å²) in [5.74, 6) is 2.04. The van der Waals surface area contributed by atoms with Crippen molar-refractivity contribution in [3.8, 4) is 17.4 Å². The highest BCUT2D eigenvalue weighted by Crippen LogP contribution is 2.50. The van der Waals surface area contributed by atoms with Gasteiger partial charge in [0, 0.05) is 18.2 Å². The standard InChI is InChI=1S/C23H24N2O2/c1-22(2)15-23(3,27-20-13-7-4-9-16(20)22)17-10-5-6-12-19(17)26-21-18(24)11-8-14-25-21/h4-14H,15,24H2,1-3H3. The molecule has 1 aliphatic rings. The van der Waals surface area contributed by atoms with E-state index < -0.39 is 5.60 Å². The summed E-state index contributed by atoms with van der Waals surface area (Å²) in [6.45, 7) is 6.63. The van der Waals surface area contributed by atoms with Crippen molar-refractivity contribution in [1.82, 2.24) is 4.98 Å². The fraction of sp³-hybridized carbons (Fsp3) is 0.261. The van der Waals surface area contributed by atoms with E-state index in [2.05, 4.69) is 44.0 Å². The van der Waals surface area contributed by atoms with Crippen LogP contribution in [-0.4, -0.2) is 4.98 Å². The van der Waals surface area contributed by atoms with Crippen LogP contribution < -0.4 is 15.2 Å². The topological polar surface area (TPSA) is 57.4 Å². The summed E-state index contributed by atoms with van der Waals surface area (Å²) in [6, 6.07) is 19.8. The number of benzene rings is 2. The van der Waals surface area contributed by atoms with Crippen molar-refractivity contribution in [3.63, 3.8) is 0 Å². The summed E-state index contributed by atoms with van der Waals surface area (Å²) in [4.78, 5) is 4.26. The lowest BCUT2D eigenvalue weighted by molar-refractivity contribution is 0.0307. The Labute approximate surface area is 160 Å². The molecule has 4 nitrogen and oxygen atoms in total. The van der Waals surface area contributed by atoms with Crippen molar-refractivity contribution in [2.75, 3.05) is 5.73 Å². The van der Waals surface area contributed by atoms with E-state index in [4.69, 9.17) is 15.2 Å². The second-order valence-electron chi connectivity index (χ2n) is 7.89. The molecule has 138 valence electrons. The number of para-hydroxylation sites is 2. The number of ether oxygens (including phenoxy) is 2. The SMILES string of the molecule is CC1(C)CC(C)(c2ccccc2Oc2ncccc2N)Oc2ccccc21. The molecule has 0 saturated heterocycles. The molecular weight excluding hydrogens is 336 g/mol. The van der Waals surface area contributed by atoms with Gasteiger partial charge >= 0.3 is 0 Å². The van der Waals surface area contributed by atoms with E-state index in [1.807, 2.05) is 30.3 Å². The van der Waals surface area contributed by atoms with Gasteiger partial charge in [0.15, 0.2) is 0 Å². The lowest BCUT2D eigenvalue weighted by atomic mass is 9.71. The second kappa shape index (κ2) is 6.31. The molecule has 4 rings (SSSR count). The third-order valence-corrected chi connectivity index (χ3v) is 5.19. The van der Waals surface area contributed by atoms with Crippen LogP contribution >= 0.6 is 0 Å². The zero-order valence-electron chi connectivity index (χ0n) is 15.9. The molecule has 2 aromatic carbocycles. The Morgan fingerprint density at radius 2 is 1.63 bits per heavy atom. The quantitative estimate of drug-likeness (QED) is 0.676. The molecule has 0 saturated carbocycles. The molecule has 1 aromatic heterocycles. The Bertz CT molecular complexity index is 983. The lowest BCUT2D eigenvalue weighted by Gasteiger charge is -2.44. The zero-order valence-corrected chi connectivity index (χ0v) is 15.9. The summed E-state index contributed by atoms with van der Waals surface area (Å²) in [5, 5.41) is 0. The number of pyridine rings is 1. The first-order valence-corrected chi connectivity index (χ1v) is 9.15. The van der Waals surface area contributed by atoms with E-state index >= 15 is 0 Å². The van der Waals surface area contributed by atoms with Crippen molar-refractivity contribution in [1.29, 1.82) is 0 Å². The number of nitrogen functional groups attached to an aromatic ring is 1. The van der Waals surface area contributed by atoms with Crippen LogP contribution in [0.3, 0.4) is 0 Å². The fourth-order valence-electron chi connectivity index (χ4n) is 4.07. The molecule has 2 heterocycles. The molecule has 1 atom stereocenters. The van der Waals surface area contributed by atoms with Gasteiger partial charge in [-0.3, -0.25) is 0 Å². The van der Waals surface area contributed by atoms with E-state index in [0.29, 0.717) is 17.3 Å². The molecule has 0 amide bonds. The van der Waals surface area contributed by atoms with Gasteiger partial charge in [0.2, 0.25) is 5.88 Å². The number of nitrogens with zero attached hydrogens (tertiary/aromatic N) is 1. The summed E-state index contributed by atoms with van der Waals surface area (Å²) in [5.41, 5.74) is 8.18. The first-order chi connectivity index (χ1) is 12.9. The first kappa shape index (κ1) is 17.4. The van der Waals surface area contributed by atoms with Crippen molar-refractivity contribution in [2.45, 2.75) is 38.2 Å². The van der Waals surface area contributed by atoms with Crippen LogP contribution in [0, 0.1) is 0 Å². The molecule has 4 heteroatoms. The smallest absolute Gasteiger partial charge is 0.242 e. The molecule has 0 spiro atoms. The highest BCUT2D eigenvalue weighted by Gasteiger charge is 2.44. The predicted molar refractivity (Wildman–Crippen MR) is 107 cm³/mol. The Morgan fingerprint density at radius 1 is 0.926 bits per heavy atom. The van der Waals surface area contributed by atoms with Crippen LogP contribution in [-0.2, 0) is 11.0 Å². The third kappa shape index (κ3) is 3.12. The summed E-state index contributed by atoms with van der Waals surface area (Å²) in [7, 11) is 0. The normalized spacial score (nSPS) is 20.4. The minimum absolute atomic E-state index is 0.0271. The van der Waals surface area contributed by atoms with Crippen LogP contribution in [0.15, 0.2) is 66.9 Å². The predicted octanol–water partition coefficient (Wildman–Crippen LogP) is 5.43. The molecule has 0 radical (unpaired) electrons. The minimum atomic E-state index is -0.530. The van der Waals surface area contributed by atoms with Gasteiger partial charge in [-0.1, -0.05) is 50.2 Å². The van der Waals surface area contributed by atoms with Gasteiger partial charge in [-0.25, -0.2) is 4.98 Å². The van der Waals surface area contributed by atoms with Crippen LogP contribution in [0.1, 0.15) is 38.3 Å². The summed E-state index contributed by atoms with van der Waals surface area (Å²) >= 11 is 0. The molecule has 0 aliphatic carbocycles.